The van der Waals surface area contributed by atoms with Crippen LogP contribution in [0.1, 0.15) is 37.0 Å². The average molecular weight is 291 g/mol. The first-order chi connectivity index (χ1) is 9.97. The van der Waals surface area contributed by atoms with Crippen LogP contribution in [0.4, 0.5) is 11.4 Å². The summed E-state index contributed by atoms with van der Waals surface area (Å²) in [5, 5.41) is 13.9. The molecule has 0 saturated carbocycles. The first-order valence-corrected chi connectivity index (χ1v) is 7.23. The summed E-state index contributed by atoms with van der Waals surface area (Å²) in [5.41, 5.74) is 0.602. The second-order valence-corrected chi connectivity index (χ2v) is 5.66. The van der Waals surface area contributed by atoms with Crippen LogP contribution in [0.15, 0.2) is 18.2 Å². The van der Waals surface area contributed by atoms with Crippen LogP contribution in [0.5, 0.6) is 0 Å². The number of carbonyl (C=O) groups is 1. The number of nitro benzene ring substituents is 1. The number of nitro groups is 1. The minimum absolute atomic E-state index is 0.0661. The van der Waals surface area contributed by atoms with Gasteiger partial charge in [-0.2, -0.15) is 0 Å². The zero-order valence-corrected chi connectivity index (χ0v) is 12.6. The third kappa shape index (κ3) is 2.84. The Labute approximate surface area is 124 Å². The van der Waals surface area contributed by atoms with E-state index in [-0.39, 0.29) is 17.6 Å². The van der Waals surface area contributed by atoms with Gasteiger partial charge in [-0.05, 0) is 24.8 Å². The van der Waals surface area contributed by atoms with Gasteiger partial charge in [0.1, 0.15) is 5.69 Å². The van der Waals surface area contributed by atoms with Crippen molar-refractivity contribution < 1.29 is 9.72 Å². The number of nitrogens with zero attached hydrogens (tertiary/aromatic N) is 2. The molecule has 1 fully saturated rings. The third-order valence-electron chi connectivity index (χ3n) is 4.05. The third-order valence-corrected chi connectivity index (χ3v) is 4.05. The summed E-state index contributed by atoms with van der Waals surface area (Å²) >= 11 is 0. The van der Waals surface area contributed by atoms with Crippen molar-refractivity contribution in [2.75, 3.05) is 18.9 Å². The van der Waals surface area contributed by atoms with Crippen molar-refractivity contribution in [2.45, 2.75) is 32.7 Å². The lowest BCUT2D eigenvalue weighted by atomic mass is 10.0. The molecule has 114 valence electrons. The van der Waals surface area contributed by atoms with Crippen LogP contribution in [-0.4, -0.2) is 35.4 Å². The smallest absolute Gasteiger partial charge is 0.293 e. The minimum Gasteiger partial charge on any atom is -0.382 e. The molecule has 0 aliphatic carbocycles. The Morgan fingerprint density at radius 2 is 2.19 bits per heavy atom. The van der Waals surface area contributed by atoms with Crippen LogP contribution in [-0.2, 0) is 0 Å². The van der Waals surface area contributed by atoms with Gasteiger partial charge in [-0.1, -0.05) is 19.9 Å². The number of amides is 1. The van der Waals surface area contributed by atoms with Crippen molar-refractivity contribution in [3.63, 3.8) is 0 Å². The monoisotopic (exact) mass is 291 g/mol. The second-order valence-electron chi connectivity index (χ2n) is 5.66. The van der Waals surface area contributed by atoms with E-state index in [0.29, 0.717) is 23.7 Å². The molecule has 1 aliphatic rings. The molecule has 0 radical (unpaired) electrons. The zero-order chi connectivity index (χ0) is 15.6. The van der Waals surface area contributed by atoms with E-state index in [9.17, 15) is 14.9 Å². The van der Waals surface area contributed by atoms with Crippen LogP contribution in [0.2, 0.25) is 0 Å². The number of para-hydroxylation sites is 1. The number of benzene rings is 1. The highest BCUT2D eigenvalue weighted by molar-refractivity contribution is 6.01. The Kier molecular flexibility index (Phi) is 4.45. The summed E-state index contributed by atoms with van der Waals surface area (Å²) in [6.45, 7) is 4.92. The Bertz CT molecular complexity index is 557. The molecular formula is C15H21N3O3. The van der Waals surface area contributed by atoms with Gasteiger partial charge in [-0.25, -0.2) is 0 Å². The molecule has 1 aromatic rings. The fraction of sp³-hybridized carbons (Fsp3) is 0.533. The Balaban J connectivity index is 2.39. The molecule has 1 heterocycles. The van der Waals surface area contributed by atoms with Gasteiger partial charge in [0.2, 0.25) is 0 Å². The summed E-state index contributed by atoms with van der Waals surface area (Å²) in [7, 11) is 1.60. The zero-order valence-electron chi connectivity index (χ0n) is 12.6. The Morgan fingerprint density at radius 1 is 1.48 bits per heavy atom. The maximum absolute atomic E-state index is 12.8. The fourth-order valence-electron chi connectivity index (χ4n) is 3.03. The largest absolute Gasteiger partial charge is 0.382 e. The predicted molar refractivity (Wildman–Crippen MR) is 81.5 cm³/mol. The van der Waals surface area contributed by atoms with Gasteiger partial charge in [-0.3, -0.25) is 14.9 Å². The van der Waals surface area contributed by atoms with Gasteiger partial charge in [0.15, 0.2) is 0 Å². The highest BCUT2D eigenvalue weighted by atomic mass is 16.6. The minimum atomic E-state index is -0.466. The molecule has 0 bridgehead atoms. The van der Waals surface area contributed by atoms with Crippen molar-refractivity contribution in [1.82, 2.24) is 4.90 Å². The van der Waals surface area contributed by atoms with Gasteiger partial charge in [0.05, 0.1) is 10.5 Å². The fourth-order valence-corrected chi connectivity index (χ4v) is 3.03. The highest BCUT2D eigenvalue weighted by Gasteiger charge is 2.33. The molecule has 2 rings (SSSR count). The number of nitrogens with one attached hydrogen (secondary N) is 1. The predicted octanol–water partition coefficient (Wildman–Crippen LogP) is 2.90. The van der Waals surface area contributed by atoms with Crippen molar-refractivity contribution >= 4 is 17.3 Å². The standard InChI is InChI=1S/C15H21N3O3/c1-10(2)12-8-5-9-17(12)15(19)11-6-4-7-13(18(20)21)14(11)16-3/h4,6-7,10,12,16H,5,8-9H2,1-3H3. The van der Waals surface area contributed by atoms with E-state index in [1.807, 2.05) is 4.90 Å². The molecular weight excluding hydrogens is 270 g/mol. The number of likely N-dealkylation sites (tertiary alicyclic amines) is 1. The molecule has 1 unspecified atom stereocenters. The Hall–Kier alpha value is -2.11. The maximum atomic E-state index is 12.8. The van der Waals surface area contributed by atoms with Crippen LogP contribution < -0.4 is 5.32 Å². The Morgan fingerprint density at radius 3 is 2.76 bits per heavy atom. The normalized spacial score (nSPS) is 18.1. The van der Waals surface area contributed by atoms with Gasteiger partial charge >= 0.3 is 0 Å². The van der Waals surface area contributed by atoms with Gasteiger partial charge < -0.3 is 10.2 Å². The molecule has 21 heavy (non-hydrogen) atoms. The number of anilines is 1. The van der Waals surface area contributed by atoms with E-state index in [2.05, 4.69) is 19.2 Å². The molecule has 0 spiro atoms. The van der Waals surface area contributed by atoms with Crippen molar-refractivity contribution in [1.29, 1.82) is 0 Å². The summed E-state index contributed by atoms with van der Waals surface area (Å²) in [6.07, 6.45) is 1.98. The summed E-state index contributed by atoms with van der Waals surface area (Å²) in [4.78, 5) is 25.3. The van der Waals surface area contributed by atoms with Gasteiger partial charge in [-0.15, -0.1) is 0 Å². The first kappa shape index (κ1) is 15.3. The van der Waals surface area contributed by atoms with Crippen LogP contribution in [0, 0.1) is 16.0 Å². The van der Waals surface area contributed by atoms with Crippen molar-refractivity contribution in [3.05, 3.63) is 33.9 Å². The summed E-state index contributed by atoms with van der Waals surface area (Å²) in [6, 6.07) is 4.83. The highest BCUT2D eigenvalue weighted by Crippen LogP contribution is 2.32. The van der Waals surface area contributed by atoms with Crippen LogP contribution in [0.25, 0.3) is 0 Å². The van der Waals surface area contributed by atoms with Gasteiger partial charge in [0.25, 0.3) is 11.6 Å². The average Bonchev–Trinajstić information content (AvgIpc) is 2.95. The van der Waals surface area contributed by atoms with E-state index in [1.165, 1.54) is 6.07 Å². The van der Waals surface area contributed by atoms with Crippen LogP contribution in [0.3, 0.4) is 0 Å². The van der Waals surface area contributed by atoms with Crippen molar-refractivity contribution in [2.24, 2.45) is 5.92 Å². The van der Waals surface area contributed by atoms with Gasteiger partial charge in [0, 0.05) is 25.7 Å². The molecule has 6 nitrogen and oxygen atoms in total. The van der Waals surface area contributed by atoms with Crippen LogP contribution >= 0.6 is 0 Å². The van der Waals surface area contributed by atoms with E-state index in [0.717, 1.165) is 12.8 Å². The maximum Gasteiger partial charge on any atom is 0.293 e. The molecule has 1 aliphatic heterocycles. The molecule has 1 saturated heterocycles. The number of carbonyl (C=O) groups excluding carboxylic acids is 1. The van der Waals surface area contributed by atoms with E-state index < -0.39 is 4.92 Å². The lowest BCUT2D eigenvalue weighted by molar-refractivity contribution is -0.384. The molecule has 1 N–H and O–H groups in total. The molecule has 1 aromatic carbocycles. The molecule has 1 amide bonds. The number of hydrogen-bond acceptors (Lipinski definition) is 4. The summed E-state index contributed by atoms with van der Waals surface area (Å²) < 4.78 is 0. The quantitative estimate of drug-likeness (QED) is 0.683. The number of rotatable bonds is 4. The summed E-state index contributed by atoms with van der Waals surface area (Å²) in [5.74, 6) is 0.257. The van der Waals surface area contributed by atoms with E-state index in [4.69, 9.17) is 0 Å². The molecule has 1 atom stereocenters. The topological polar surface area (TPSA) is 75.5 Å². The molecule has 0 aromatic heterocycles. The first-order valence-electron chi connectivity index (χ1n) is 7.23. The second kappa shape index (κ2) is 6.11. The van der Waals surface area contributed by atoms with E-state index >= 15 is 0 Å². The SMILES string of the molecule is CNc1c(C(=O)N2CCCC2C(C)C)cccc1[N+](=O)[O-]. The number of hydrogen-bond donors (Lipinski definition) is 1. The van der Waals surface area contributed by atoms with E-state index in [1.54, 1.807) is 19.2 Å². The lowest BCUT2D eigenvalue weighted by Gasteiger charge is -2.28. The van der Waals surface area contributed by atoms with Crippen molar-refractivity contribution in [3.8, 4) is 0 Å². The molecule has 6 heteroatoms. The lowest BCUT2D eigenvalue weighted by Crippen LogP contribution is -2.38.